The predicted molar refractivity (Wildman–Crippen MR) is 131 cm³/mol. The van der Waals surface area contributed by atoms with Crippen LogP contribution in [0.25, 0.3) is 11.1 Å². The lowest BCUT2D eigenvalue weighted by atomic mass is 9.92. The number of amides is 1. The number of aromatic nitrogens is 3. The number of hydrogen-bond donors (Lipinski definition) is 3. The van der Waals surface area contributed by atoms with Crippen LogP contribution in [0, 0.1) is 6.92 Å². The van der Waals surface area contributed by atoms with Gasteiger partial charge in [0.2, 0.25) is 5.88 Å². The molecule has 1 atom stereocenters. The van der Waals surface area contributed by atoms with Crippen molar-refractivity contribution in [2.75, 3.05) is 31.7 Å². The molecule has 0 aliphatic carbocycles. The van der Waals surface area contributed by atoms with Crippen LogP contribution in [0.3, 0.4) is 0 Å². The maximum absolute atomic E-state index is 13.0. The van der Waals surface area contributed by atoms with Crippen LogP contribution < -0.4 is 10.1 Å². The summed E-state index contributed by atoms with van der Waals surface area (Å²) < 4.78 is 50.1. The summed E-state index contributed by atoms with van der Waals surface area (Å²) >= 11 is 0. The Balaban J connectivity index is 1.64. The van der Waals surface area contributed by atoms with Crippen LogP contribution in [0.2, 0.25) is 0 Å². The van der Waals surface area contributed by atoms with E-state index in [1.165, 1.54) is 0 Å². The zero-order valence-electron chi connectivity index (χ0n) is 20.5. The van der Waals surface area contributed by atoms with Gasteiger partial charge in [0.1, 0.15) is 30.4 Å². The van der Waals surface area contributed by atoms with E-state index in [1.807, 2.05) is 13.0 Å². The number of carbonyl (C=O) groups excluding carboxylic acids is 1. The number of alkyl halides is 3. The summed E-state index contributed by atoms with van der Waals surface area (Å²) in [5.41, 5.74) is 1.86. The maximum atomic E-state index is 13.0. The van der Waals surface area contributed by atoms with Gasteiger partial charge in [-0.3, -0.25) is 4.79 Å². The minimum atomic E-state index is -4.70. The molecule has 3 heterocycles. The molecular weight excluding hydrogens is 505 g/mol. The quantitative estimate of drug-likeness (QED) is 0.401. The van der Waals surface area contributed by atoms with Crippen LogP contribution in [0.1, 0.15) is 46.2 Å². The maximum Gasteiger partial charge on any atom is 0.433 e. The number of benzene rings is 1. The monoisotopic (exact) mass is 532 g/mol. The number of carbonyl (C=O) groups is 1. The van der Waals surface area contributed by atoms with Crippen molar-refractivity contribution in [3.63, 3.8) is 0 Å². The molecular formula is C26H27F3N4O5. The van der Waals surface area contributed by atoms with E-state index < -0.39 is 36.2 Å². The van der Waals surface area contributed by atoms with Gasteiger partial charge in [-0.1, -0.05) is 6.07 Å². The molecule has 0 spiro atoms. The third-order valence-corrected chi connectivity index (χ3v) is 6.09. The Bertz CT molecular complexity index is 1280. The second-order valence-electron chi connectivity index (χ2n) is 8.92. The van der Waals surface area contributed by atoms with Gasteiger partial charge >= 0.3 is 6.18 Å². The van der Waals surface area contributed by atoms with Crippen molar-refractivity contribution < 1.29 is 37.7 Å². The van der Waals surface area contributed by atoms with Gasteiger partial charge < -0.3 is 25.0 Å². The number of nitrogens with zero attached hydrogens (tertiary/aromatic N) is 3. The van der Waals surface area contributed by atoms with E-state index >= 15 is 0 Å². The molecule has 4 rings (SSSR count). The third-order valence-electron chi connectivity index (χ3n) is 6.09. The first-order valence-corrected chi connectivity index (χ1v) is 12.0. The van der Waals surface area contributed by atoms with Crippen LogP contribution in [0.4, 0.5) is 18.9 Å². The Labute approximate surface area is 216 Å². The molecule has 1 aliphatic heterocycles. The minimum absolute atomic E-state index is 0.137. The fourth-order valence-corrected chi connectivity index (χ4v) is 4.03. The number of aliphatic hydroxyl groups is 2. The second kappa shape index (κ2) is 11.8. The van der Waals surface area contributed by atoms with Crippen molar-refractivity contribution in [1.82, 2.24) is 15.0 Å². The minimum Gasteiger partial charge on any atom is -0.475 e. The molecule has 202 valence electrons. The Morgan fingerprint density at radius 1 is 1.18 bits per heavy atom. The highest BCUT2D eigenvalue weighted by atomic mass is 19.4. The van der Waals surface area contributed by atoms with E-state index in [9.17, 15) is 23.1 Å². The highest BCUT2D eigenvalue weighted by molar-refractivity contribution is 6.03. The van der Waals surface area contributed by atoms with Gasteiger partial charge in [-0.15, -0.1) is 0 Å². The van der Waals surface area contributed by atoms with E-state index in [0.29, 0.717) is 31.3 Å². The molecule has 3 aromatic rings. The van der Waals surface area contributed by atoms with Crippen LogP contribution >= 0.6 is 0 Å². The highest BCUT2D eigenvalue weighted by Crippen LogP contribution is 2.34. The zero-order valence-corrected chi connectivity index (χ0v) is 20.5. The van der Waals surface area contributed by atoms with Gasteiger partial charge in [0.05, 0.1) is 6.61 Å². The molecule has 0 bridgehead atoms. The summed E-state index contributed by atoms with van der Waals surface area (Å²) in [5.74, 6) is -0.407. The number of pyridine rings is 1. The van der Waals surface area contributed by atoms with E-state index in [-0.39, 0.29) is 18.4 Å². The molecule has 1 aromatic carbocycles. The van der Waals surface area contributed by atoms with E-state index in [4.69, 9.17) is 14.6 Å². The molecule has 0 radical (unpaired) electrons. The fourth-order valence-electron chi connectivity index (χ4n) is 4.03. The van der Waals surface area contributed by atoms with Gasteiger partial charge in [0.15, 0.2) is 0 Å². The molecule has 2 aromatic heterocycles. The third kappa shape index (κ3) is 6.82. The molecule has 1 fully saturated rings. The summed E-state index contributed by atoms with van der Waals surface area (Å²) in [6.07, 6.45) is -3.51. The van der Waals surface area contributed by atoms with Crippen molar-refractivity contribution in [3.8, 4) is 17.0 Å². The first-order valence-electron chi connectivity index (χ1n) is 12.0. The van der Waals surface area contributed by atoms with Crippen LogP contribution in [-0.4, -0.2) is 63.6 Å². The van der Waals surface area contributed by atoms with E-state index in [1.54, 1.807) is 24.3 Å². The normalized spacial score (nSPS) is 15.2. The van der Waals surface area contributed by atoms with Crippen molar-refractivity contribution in [1.29, 1.82) is 0 Å². The van der Waals surface area contributed by atoms with Crippen molar-refractivity contribution >= 4 is 11.6 Å². The summed E-state index contributed by atoms with van der Waals surface area (Å²) in [4.78, 5) is 24.1. The molecule has 9 nitrogen and oxygen atoms in total. The number of rotatable bonds is 8. The Hall–Kier alpha value is -3.61. The van der Waals surface area contributed by atoms with Gasteiger partial charge in [-0.05, 0) is 54.7 Å². The molecule has 1 amide bonds. The number of aryl methyl sites for hydroxylation is 1. The van der Waals surface area contributed by atoms with Crippen molar-refractivity contribution in [2.45, 2.75) is 38.0 Å². The van der Waals surface area contributed by atoms with Gasteiger partial charge in [0, 0.05) is 42.6 Å². The van der Waals surface area contributed by atoms with Crippen molar-refractivity contribution in [2.24, 2.45) is 0 Å². The molecule has 1 unspecified atom stereocenters. The Kier molecular flexibility index (Phi) is 8.55. The SMILES string of the molecule is Cc1ccc(NC(=O)c2cc(C(F)(F)F)ncn2)cc1-c1cc(OCC(O)CO)nc(C2CCOCC2)c1. The number of anilines is 1. The predicted octanol–water partition coefficient (Wildman–Crippen LogP) is 3.74. The number of ether oxygens (including phenoxy) is 2. The van der Waals surface area contributed by atoms with Crippen LogP contribution in [-0.2, 0) is 10.9 Å². The number of aliphatic hydroxyl groups excluding tert-OH is 2. The van der Waals surface area contributed by atoms with Gasteiger partial charge in [-0.25, -0.2) is 15.0 Å². The second-order valence-corrected chi connectivity index (χ2v) is 8.92. The first kappa shape index (κ1) is 27.4. The van der Waals surface area contributed by atoms with Gasteiger partial charge in [0.25, 0.3) is 5.91 Å². The molecule has 1 saturated heterocycles. The smallest absolute Gasteiger partial charge is 0.433 e. The Morgan fingerprint density at radius 3 is 2.66 bits per heavy atom. The average molecular weight is 533 g/mol. The number of halogens is 3. The van der Waals surface area contributed by atoms with E-state index in [2.05, 4.69) is 20.3 Å². The lowest BCUT2D eigenvalue weighted by Gasteiger charge is -2.23. The average Bonchev–Trinajstić information content (AvgIpc) is 2.92. The summed E-state index contributed by atoms with van der Waals surface area (Å²) in [5, 5.41) is 21.4. The standard InChI is InChI=1S/C26H27F3N4O5/c1-15-2-3-18(32-25(36)22-11-23(26(27,28)29)31-14-30-22)10-20(15)17-8-21(16-4-6-37-7-5-16)33-24(9-17)38-13-19(35)12-34/h2-3,8-11,14,16,19,34-35H,4-7,12-13H2,1H3,(H,32,36). The molecule has 3 N–H and O–H groups in total. The largest absolute Gasteiger partial charge is 0.475 e. The lowest BCUT2D eigenvalue weighted by molar-refractivity contribution is -0.141. The summed E-state index contributed by atoms with van der Waals surface area (Å²) in [6.45, 7) is 2.50. The first-order chi connectivity index (χ1) is 18.1. The number of hydrogen-bond acceptors (Lipinski definition) is 8. The summed E-state index contributed by atoms with van der Waals surface area (Å²) in [6, 6.07) is 9.33. The molecule has 0 saturated carbocycles. The van der Waals surface area contributed by atoms with Crippen molar-refractivity contribution in [3.05, 3.63) is 65.4 Å². The van der Waals surface area contributed by atoms with Crippen LogP contribution in [0.15, 0.2) is 42.7 Å². The Morgan fingerprint density at radius 2 is 1.95 bits per heavy atom. The summed E-state index contributed by atoms with van der Waals surface area (Å²) in [7, 11) is 0. The topological polar surface area (TPSA) is 127 Å². The molecule has 1 aliphatic rings. The molecule has 12 heteroatoms. The lowest BCUT2D eigenvalue weighted by Crippen LogP contribution is -2.22. The highest BCUT2D eigenvalue weighted by Gasteiger charge is 2.33. The van der Waals surface area contributed by atoms with Crippen LogP contribution in [0.5, 0.6) is 5.88 Å². The fraction of sp³-hybridized carbons (Fsp3) is 0.385. The molecule has 38 heavy (non-hydrogen) atoms. The number of nitrogens with one attached hydrogen (secondary N) is 1. The van der Waals surface area contributed by atoms with E-state index in [0.717, 1.165) is 35.2 Å². The zero-order chi connectivity index (χ0) is 27.3. The van der Waals surface area contributed by atoms with Gasteiger partial charge in [-0.2, -0.15) is 13.2 Å².